The molecule has 2 amide bonds. The fourth-order valence-corrected chi connectivity index (χ4v) is 2.60. The van der Waals surface area contributed by atoms with Crippen LogP contribution in [0.1, 0.15) is 20.7 Å². The smallest absolute Gasteiger partial charge is 0.259 e. The Morgan fingerprint density at radius 3 is 2.11 bits per heavy atom. The second-order valence-electron chi connectivity index (χ2n) is 5.87. The van der Waals surface area contributed by atoms with Crippen LogP contribution in [0.4, 0.5) is 5.69 Å². The summed E-state index contributed by atoms with van der Waals surface area (Å²) < 4.78 is 11.3. The van der Waals surface area contributed by atoms with Crippen molar-refractivity contribution in [2.45, 2.75) is 0 Å². The summed E-state index contributed by atoms with van der Waals surface area (Å²) in [5, 5.41) is 2.71. The van der Waals surface area contributed by atoms with Crippen LogP contribution in [-0.4, -0.2) is 25.0 Å². The standard InChI is InChI=1S/C22H20N2O4/c23-21(25)17-10-4-6-12-19(17)24-22(26)18-11-5-7-13-20(18)28-15-14-27-16-8-2-1-3-9-16/h1-13H,14-15H2,(H2,23,25)(H,24,26). The zero-order chi connectivity index (χ0) is 19.8. The predicted octanol–water partition coefficient (Wildman–Crippen LogP) is 3.50. The Labute approximate surface area is 162 Å². The van der Waals surface area contributed by atoms with E-state index in [1.54, 1.807) is 48.5 Å². The molecule has 3 N–H and O–H groups in total. The van der Waals surface area contributed by atoms with Crippen LogP contribution in [0.3, 0.4) is 0 Å². The number of amides is 2. The normalized spacial score (nSPS) is 10.1. The van der Waals surface area contributed by atoms with Gasteiger partial charge in [0.2, 0.25) is 0 Å². The van der Waals surface area contributed by atoms with E-state index in [-0.39, 0.29) is 12.2 Å². The van der Waals surface area contributed by atoms with Gasteiger partial charge in [0, 0.05) is 0 Å². The van der Waals surface area contributed by atoms with Crippen molar-refractivity contribution in [3.05, 3.63) is 90.0 Å². The average Bonchev–Trinajstić information content (AvgIpc) is 2.72. The molecule has 0 fully saturated rings. The van der Waals surface area contributed by atoms with Gasteiger partial charge in [0.25, 0.3) is 11.8 Å². The van der Waals surface area contributed by atoms with Gasteiger partial charge in [-0.15, -0.1) is 0 Å². The zero-order valence-corrected chi connectivity index (χ0v) is 15.1. The van der Waals surface area contributed by atoms with E-state index in [0.717, 1.165) is 5.75 Å². The molecule has 0 saturated carbocycles. The number of nitrogens with two attached hydrogens (primary N) is 1. The number of benzene rings is 3. The molecule has 0 aliphatic carbocycles. The minimum atomic E-state index is -0.613. The average molecular weight is 376 g/mol. The molecule has 142 valence electrons. The third-order valence-electron chi connectivity index (χ3n) is 3.93. The molecule has 0 unspecified atom stereocenters. The number of ether oxygens (including phenoxy) is 2. The fraction of sp³-hybridized carbons (Fsp3) is 0.0909. The van der Waals surface area contributed by atoms with Gasteiger partial charge in [-0.05, 0) is 36.4 Å². The van der Waals surface area contributed by atoms with E-state index in [0.29, 0.717) is 23.6 Å². The van der Waals surface area contributed by atoms with Gasteiger partial charge in [0.15, 0.2) is 0 Å². The Kier molecular flexibility index (Phi) is 6.25. The molecule has 0 heterocycles. The summed E-state index contributed by atoms with van der Waals surface area (Å²) >= 11 is 0. The highest BCUT2D eigenvalue weighted by Gasteiger charge is 2.15. The van der Waals surface area contributed by atoms with Gasteiger partial charge < -0.3 is 20.5 Å². The molecule has 0 aromatic heterocycles. The number of anilines is 1. The lowest BCUT2D eigenvalue weighted by molar-refractivity contribution is 0.100. The first-order valence-corrected chi connectivity index (χ1v) is 8.75. The summed E-state index contributed by atoms with van der Waals surface area (Å²) in [6.07, 6.45) is 0. The second-order valence-corrected chi connectivity index (χ2v) is 5.87. The van der Waals surface area contributed by atoms with Gasteiger partial charge in [0.1, 0.15) is 24.7 Å². The van der Waals surface area contributed by atoms with E-state index in [4.69, 9.17) is 15.2 Å². The largest absolute Gasteiger partial charge is 0.490 e. The van der Waals surface area contributed by atoms with E-state index in [1.807, 2.05) is 30.3 Å². The molecule has 0 radical (unpaired) electrons. The van der Waals surface area contributed by atoms with Crippen LogP contribution in [0.25, 0.3) is 0 Å². The Balaban J connectivity index is 1.64. The molecule has 0 aliphatic heterocycles. The quantitative estimate of drug-likeness (QED) is 0.589. The molecule has 0 spiro atoms. The number of para-hydroxylation sites is 3. The Bertz CT molecular complexity index is 958. The number of primary amides is 1. The molecule has 3 aromatic rings. The molecule has 3 rings (SSSR count). The van der Waals surface area contributed by atoms with E-state index in [1.165, 1.54) is 0 Å². The third kappa shape index (κ3) is 4.88. The molecule has 6 nitrogen and oxygen atoms in total. The lowest BCUT2D eigenvalue weighted by Crippen LogP contribution is -2.19. The van der Waals surface area contributed by atoms with Gasteiger partial charge in [-0.25, -0.2) is 0 Å². The number of hydrogen-bond acceptors (Lipinski definition) is 4. The minimum absolute atomic E-state index is 0.241. The number of hydrogen-bond donors (Lipinski definition) is 2. The molecule has 3 aromatic carbocycles. The van der Waals surface area contributed by atoms with Crippen molar-refractivity contribution in [2.75, 3.05) is 18.5 Å². The monoisotopic (exact) mass is 376 g/mol. The maximum Gasteiger partial charge on any atom is 0.259 e. The van der Waals surface area contributed by atoms with Gasteiger partial charge >= 0.3 is 0 Å². The maximum absolute atomic E-state index is 12.7. The number of rotatable bonds is 8. The fourth-order valence-electron chi connectivity index (χ4n) is 2.60. The molecule has 28 heavy (non-hydrogen) atoms. The van der Waals surface area contributed by atoms with Crippen LogP contribution in [0, 0.1) is 0 Å². The molecule has 0 bridgehead atoms. The first kappa shape index (κ1) is 19.0. The zero-order valence-electron chi connectivity index (χ0n) is 15.1. The summed E-state index contributed by atoms with van der Waals surface area (Å²) in [7, 11) is 0. The molecular weight excluding hydrogens is 356 g/mol. The molecule has 6 heteroatoms. The van der Waals surface area contributed by atoms with Crippen molar-refractivity contribution in [2.24, 2.45) is 5.73 Å². The van der Waals surface area contributed by atoms with Crippen LogP contribution in [0.15, 0.2) is 78.9 Å². The minimum Gasteiger partial charge on any atom is -0.490 e. The van der Waals surface area contributed by atoms with Crippen molar-refractivity contribution < 1.29 is 19.1 Å². The SMILES string of the molecule is NC(=O)c1ccccc1NC(=O)c1ccccc1OCCOc1ccccc1. The van der Waals surface area contributed by atoms with Crippen molar-refractivity contribution in [1.82, 2.24) is 0 Å². The summed E-state index contributed by atoms with van der Waals surface area (Å²) in [6, 6.07) is 22.8. The lowest BCUT2D eigenvalue weighted by Gasteiger charge is -2.13. The highest BCUT2D eigenvalue weighted by molar-refractivity contribution is 6.09. The highest BCUT2D eigenvalue weighted by Crippen LogP contribution is 2.21. The number of nitrogens with one attached hydrogen (secondary N) is 1. The Morgan fingerprint density at radius 1 is 0.750 bits per heavy atom. The first-order chi connectivity index (χ1) is 13.6. The Morgan fingerprint density at radius 2 is 1.36 bits per heavy atom. The molecule has 0 saturated heterocycles. The summed E-state index contributed by atoms with van der Waals surface area (Å²) in [4.78, 5) is 24.2. The van der Waals surface area contributed by atoms with Crippen LogP contribution >= 0.6 is 0 Å². The van der Waals surface area contributed by atoms with Crippen LogP contribution in [0.5, 0.6) is 11.5 Å². The summed E-state index contributed by atoms with van der Waals surface area (Å²) in [5.41, 5.74) is 6.30. The van der Waals surface area contributed by atoms with E-state index in [9.17, 15) is 9.59 Å². The number of carbonyl (C=O) groups excluding carboxylic acids is 2. The third-order valence-corrected chi connectivity index (χ3v) is 3.93. The van der Waals surface area contributed by atoms with E-state index < -0.39 is 11.8 Å². The number of carbonyl (C=O) groups is 2. The summed E-state index contributed by atoms with van der Waals surface area (Å²) in [6.45, 7) is 0.613. The van der Waals surface area contributed by atoms with Crippen molar-refractivity contribution in [1.29, 1.82) is 0 Å². The molecule has 0 aliphatic rings. The maximum atomic E-state index is 12.7. The van der Waals surface area contributed by atoms with Crippen LogP contribution < -0.4 is 20.5 Å². The van der Waals surface area contributed by atoms with Crippen LogP contribution in [-0.2, 0) is 0 Å². The van der Waals surface area contributed by atoms with Gasteiger partial charge in [0.05, 0.1) is 16.8 Å². The van der Waals surface area contributed by atoms with Crippen molar-refractivity contribution in [3.63, 3.8) is 0 Å². The molecule has 0 atom stereocenters. The summed E-state index contributed by atoms with van der Waals surface area (Å²) in [5.74, 6) is 0.167. The van der Waals surface area contributed by atoms with Crippen LogP contribution in [0.2, 0.25) is 0 Å². The van der Waals surface area contributed by atoms with E-state index >= 15 is 0 Å². The van der Waals surface area contributed by atoms with Crippen molar-refractivity contribution in [3.8, 4) is 11.5 Å². The van der Waals surface area contributed by atoms with E-state index in [2.05, 4.69) is 5.32 Å². The van der Waals surface area contributed by atoms with Crippen molar-refractivity contribution >= 4 is 17.5 Å². The highest BCUT2D eigenvalue weighted by atomic mass is 16.5. The Hall–Kier alpha value is -3.80. The topological polar surface area (TPSA) is 90.7 Å². The van der Waals surface area contributed by atoms with Gasteiger partial charge in [-0.3, -0.25) is 9.59 Å². The lowest BCUT2D eigenvalue weighted by atomic mass is 10.1. The van der Waals surface area contributed by atoms with Gasteiger partial charge in [-0.2, -0.15) is 0 Å². The predicted molar refractivity (Wildman–Crippen MR) is 107 cm³/mol. The van der Waals surface area contributed by atoms with Gasteiger partial charge in [-0.1, -0.05) is 42.5 Å². The second kappa shape index (κ2) is 9.23. The molecular formula is C22H20N2O4. The first-order valence-electron chi connectivity index (χ1n) is 8.75.